The van der Waals surface area contributed by atoms with Crippen molar-refractivity contribution in [1.82, 2.24) is 9.21 Å². The summed E-state index contributed by atoms with van der Waals surface area (Å²) >= 11 is 0. The molecule has 2 aromatic rings. The van der Waals surface area contributed by atoms with Crippen LogP contribution in [0, 0.1) is 6.92 Å². The van der Waals surface area contributed by atoms with Gasteiger partial charge in [-0.2, -0.15) is 4.31 Å². The maximum atomic E-state index is 12.9. The summed E-state index contributed by atoms with van der Waals surface area (Å²) in [5, 5.41) is 1.82. The highest BCUT2D eigenvalue weighted by Crippen LogP contribution is 2.28. The summed E-state index contributed by atoms with van der Waals surface area (Å²) in [6.07, 6.45) is 0. The Labute approximate surface area is 126 Å². The first-order valence-corrected chi connectivity index (χ1v) is 8.61. The number of fused-ring (bicyclic) bond motifs is 1. The van der Waals surface area contributed by atoms with Crippen LogP contribution < -0.4 is 0 Å². The Hall–Kier alpha value is -1.43. The Morgan fingerprint density at radius 1 is 0.905 bits per heavy atom. The van der Waals surface area contributed by atoms with E-state index in [1.54, 1.807) is 10.4 Å². The molecular weight excluding hydrogens is 284 g/mol. The molecule has 0 N–H and O–H groups in total. The van der Waals surface area contributed by atoms with Crippen molar-refractivity contribution in [2.45, 2.75) is 11.8 Å². The van der Waals surface area contributed by atoms with Crippen LogP contribution in [-0.4, -0.2) is 50.8 Å². The molecule has 0 unspecified atom stereocenters. The van der Waals surface area contributed by atoms with Crippen LogP contribution in [0.1, 0.15) is 5.56 Å². The minimum atomic E-state index is -3.42. The summed E-state index contributed by atoms with van der Waals surface area (Å²) in [6, 6.07) is 11.3. The monoisotopic (exact) mass is 304 g/mol. The third-order valence-corrected chi connectivity index (χ3v) is 6.14. The number of aryl methyl sites for hydroxylation is 1. The van der Waals surface area contributed by atoms with Crippen molar-refractivity contribution in [2.24, 2.45) is 0 Å². The van der Waals surface area contributed by atoms with E-state index < -0.39 is 10.0 Å². The first-order valence-electron chi connectivity index (χ1n) is 7.17. The van der Waals surface area contributed by atoms with E-state index in [9.17, 15) is 8.42 Å². The summed E-state index contributed by atoms with van der Waals surface area (Å²) in [5.74, 6) is 0. The molecule has 0 atom stereocenters. The van der Waals surface area contributed by atoms with Gasteiger partial charge in [0.05, 0.1) is 4.90 Å². The molecular formula is C16H20N2O2S. The van der Waals surface area contributed by atoms with E-state index in [1.165, 1.54) is 0 Å². The van der Waals surface area contributed by atoms with Crippen molar-refractivity contribution in [2.75, 3.05) is 33.2 Å². The second kappa shape index (κ2) is 5.40. The van der Waals surface area contributed by atoms with Crippen LogP contribution >= 0.6 is 0 Å². The molecule has 2 aromatic carbocycles. The molecule has 0 bridgehead atoms. The van der Waals surface area contributed by atoms with Gasteiger partial charge in [-0.1, -0.05) is 30.3 Å². The Balaban J connectivity index is 2.09. The van der Waals surface area contributed by atoms with Crippen LogP contribution in [-0.2, 0) is 10.0 Å². The largest absolute Gasteiger partial charge is 0.304 e. The average molecular weight is 304 g/mol. The number of benzene rings is 2. The molecule has 1 saturated heterocycles. The highest BCUT2D eigenvalue weighted by atomic mass is 32.2. The van der Waals surface area contributed by atoms with Gasteiger partial charge in [0.15, 0.2) is 0 Å². The zero-order chi connectivity index (χ0) is 15.0. The Morgan fingerprint density at radius 3 is 2.19 bits per heavy atom. The van der Waals surface area contributed by atoms with Crippen molar-refractivity contribution >= 4 is 20.8 Å². The summed E-state index contributed by atoms with van der Waals surface area (Å²) in [4.78, 5) is 2.58. The summed E-state index contributed by atoms with van der Waals surface area (Å²) in [5.41, 5.74) is 1.10. The average Bonchev–Trinajstić information content (AvgIpc) is 2.48. The molecule has 4 nitrogen and oxygen atoms in total. The van der Waals surface area contributed by atoms with Gasteiger partial charge in [-0.3, -0.25) is 0 Å². The highest BCUT2D eigenvalue weighted by molar-refractivity contribution is 7.89. The first-order chi connectivity index (χ1) is 10.00. The second-order valence-corrected chi connectivity index (χ2v) is 7.54. The van der Waals surface area contributed by atoms with Gasteiger partial charge in [-0.05, 0) is 31.0 Å². The number of rotatable bonds is 2. The van der Waals surface area contributed by atoms with E-state index in [0.29, 0.717) is 18.0 Å². The van der Waals surface area contributed by atoms with E-state index in [2.05, 4.69) is 4.90 Å². The zero-order valence-corrected chi connectivity index (χ0v) is 13.2. The predicted molar refractivity (Wildman–Crippen MR) is 84.9 cm³/mol. The fourth-order valence-corrected chi connectivity index (χ4v) is 4.43. The van der Waals surface area contributed by atoms with Gasteiger partial charge >= 0.3 is 0 Å². The van der Waals surface area contributed by atoms with Crippen molar-refractivity contribution in [3.05, 3.63) is 42.0 Å². The lowest BCUT2D eigenvalue weighted by Gasteiger charge is -2.31. The number of hydrogen-bond acceptors (Lipinski definition) is 3. The molecule has 3 rings (SSSR count). The SMILES string of the molecule is Cc1ccc(S(=O)(=O)N2CCN(C)CC2)c2ccccc12. The fourth-order valence-electron chi connectivity index (χ4n) is 2.81. The molecule has 0 amide bonds. The molecule has 0 spiro atoms. The van der Waals surface area contributed by atoms with Crippen LogP contribution in [0.15, 0.2) is 41.3 Å². The standard InChI is InChI=1S/C16H20N2O2S/c1-13-7-8-16(15-6-4-3-5-14(13)15)21(19,20)18-11-9-17(2)10-12-18/h3-8H,9-12H2,1-2H3. The number of sulfonamides is 1. The molecule has 0 radical (unpaired) electrons. The van der Waals surface area contributed by atoms with Gasteiger partial charge in [0, 0.05) is 31.6 Å². The lowest BCUT2D eigenvalue weighted by molar-refractivity contribution is 0.222. The minimum Gasteiger partial charge on any atom is -0.304 e. The maximum absolute atomic E-state index is 12.9. The molecule has 1 aliphatic heterocycles. The number of hydrogen-bond donors (Lipinski definition) is 0. The third-order valence-electron chi connectivity index (χ3n) is 4.18. The van der Waals surface area contributed by atoms with Gasteiger partial charge in [0.2, 0.25) is 10.0 Å². The van der Waals surface area contributed by atoms with Crippen LogP contribution in [0.3, 0.4) is 0 Å². The summed E-state index contributed by atoms with van der Waals surface area (Å²) < 4.78 is 27.5. The van der Waals surface area contributed by atoms with Crippen LogP contribution in [0.4, 0.5) is 0 Å². The molecule has 0 aliphatic carbocycles. The molecule has 0 saturated carbocycles. The van der Waals surface area contributed by atoms with E-state index in [0.717, 1.165) is 29.4 Å². The second-order valence-electron chi connectivity index (χ2n) is 5.63. The smallest absolute Gasteiger partial charge is 0.243 e. The van der Waals surface area contributed by atoms with Crippen molar-refractivity contribution in [3.63, 3.8) is 0 Å². The predicted octanol–water partition coefficient (Wildman–Crippen LogP) is 2.08. The van der Waals surface area contributed by atoms with E-state index in [4.69, 9.17) is 0 Å². The number of nitrogens with zero attached hydrogens (tertiary/aromatic N) is 2. The zero-order valence-electron chi connectivity index (χ0n) is 12.4. The maximum Gasteiger partial charge on any atom is 0.243 e. The lowest BCUT2D eigenvalue weighted by atomic mass is 10.1. The Bertz CT molecular complexity index is 763. The molecule has 21 heavy (non-hydrogen) atoms. The van der Waals surface area contributed by atoms with Gasteiger partial charge in [0.1, 0.15) is 0 Å². The van der Waals surface area contributed by atoms with Gasteiger partial charge in [-0.25, -0.2) is 8.42 Å². The third kappa shape index (κ3) is 2.57. The molecule has 0 aromatic heterocycles. The first kappa shape index (κ1) is 14.5. The van der Waals surface area contributed by atoms with Crippen LogP contribution in [0.25, 0.3) is 10.8 Å². The van der Waals surface area contributed by atoms with Gasteiger partial charge in [-0.15, -0.1) is 0 Å². The number of likely N-dealkylation sites (N-methyl/N-ethyl adjacent to an activating group) is 1. The lowest BCUT2D eigenvalue weighted by Crippen LogP contribution is -2.47. The normalized spacial score (nSPS) is 18.2. The van der Waals surface area contributed by atoms with Crippen LogP contribution in [0.2, 0.25) is 0 Å². The highest BCUT2D eigenvalue weighted by Gasteiger charge is 2.28. The van der Waals surface area contributed by atoms with Gasteiger partial charge < -0.3 is 4.90 Å². The van der Waals surface area contributed by atoms with Gasteiger partial charge in [0.25, 0.3) is 0 Å². The molecule has 5 heteroatoms. The van der Waals surface area contributed by atoms with Crippen molar-refractivity contribution in [3.8, 4) is 0 Å². The van der Waals surface area contributed by atoms with Crippen molar-refractivity contribution in [1.29, 1.82) is 0 Å². The van der Waals surface area contributed by atoms with E-state index >= 15 is 0 Å². The Morgan fingerprint density at radius 2 is 1.52 bits per heavy atom. The summed E-state index contributed by atoms with van der Waals surface area (Å²) in [7, 11) is -1.40. The molecule has 112 valence electrons. The molecule has 1 aliphatic rings. The quantitative estimate of drug-likeness (QED) is 0.853. The van der Waals surface area contributed by atoms with Crippen molar-refractivity contribution < 1.29 is 8.42 Å². The van der Waals surface area contributed by atoms with E-state index in [-0.39, 0.29) is 0 Å². The Kier molecular flexibility index (Phi) is 3.73. The fraction of sp³-hybridized carbons (Fsp3) is 0.375. The molecule has 1 heterocycles. The number of piperazine rings is 1. The summed E-state index contributed by atoms with van der Waals surface area (Å²) in [6.45, 7) is 4.68. The van der Waals surface area contributed by atoms with Crippen LogP contribution in [0.5, 0.6) is 0 Å². The minimum absolute atomic E-state index is 0.424. The topological polar surface area (TPSA) is 40.6 Å². The van der Waals surface area contributed by atoms with E-state index in [1.807, 2.05) is 44.3 Å². The molecule has 1 fully saturated rings.